The number of hydrogen-bond acceptors (Lipinski definition) is 4. The minimum Gasteiger partial charge on any atom is -0.378 e. The third kappa shape index (κ3) is 5.05. The number of carbonyl (C=O) groups excluding carboxylic acids is 2. The van der Waals surface area contributed by atoms with Crippen LogP contribution in [0, 0.1) is 17.3 Å². The van der Waals surface area contributed by atoms with Gasteiger partial charge in [0.1, 0.15) is 5.78 Å². The number of carbonyl (C=O) groups is 2. The van der Waals surface area contributed by atoms with E-state index in [2.05, 4.69) is 20.8 Å². The molecule has 0 spiro atoms. The van der Waals surface area contributed by atoms with Crippen LogP contribution < -0.4 is 0 Å². The van der Waals surface area contributed by atoms with Crippen molar-refractivity contribution < 1.29 is 19.1 Å². The Labute approximate surface area is 172 Å². The van der Waals surface area contributed by atoms with Gasteiger partial charge in [0.05, 0.1) is 12.0 Å². The highest BCUT2D eigenvalue weighted by Crippen LogP contribution is 2.51. The van der Waals surface area contributed by atoms with Crippen LogP contribution in [-0.4, -0.2) is 37.5 Å². The SMILES string of the molecule is CCCCC(=O)C1(C(COCC2CCCC2)(OC)C(=O)CC(C)C)CCCC1. The molecule has 2 aliphatic rings. The van der Waals surface area contributed by atoms with Gasteiger partial charge in [0, 0.05) is 26.6 Å². The van der Waals surface area contributed by atoms with Crippen molar-refractivity contribution in [1.82, 2.24) is 0 Å². The molecule has 4 nitrogen and oxygen atoms in total. The molecule has 4 heteroatoms. The van der Waals surface area contributed by atoms with Crippen LogP contribution in [0.3, 0.4) is 0 Å². The summed E-state index contributed by atoms with van der Waals surface area (Å²) in [6.45, 7) is 7.12. The van der Waals surface area contributed by atoms with Gasteiger partial charge >= 0.3 is 0 Å². The Kier molecular flexibility index (Phi) is 9.14. The Bertz CT molecular complexity index is 501. The van der Waals surface area contributed by atoms with E-state index in [9.17, 15) is 9.59 Å². The number of ketones is 2. The Balaban J connectivity index is 2.29. The maximum absolute atomic E-state index is 13.5. The van der Waals surface area contributed by atoms with E-state index in [0.717, 1.165) is 38.5 Å². The summed E-state index contributed by atoms with van der Waals surface area (Å²) in [5.74, 6) is 1.10. The summed E-state index contributed by atoms with van der Waals surface area (Å²) in [4.78, 5) is 27.0. The predicted octanol–water partition coefficient (Wildman–Crippen LogP) is 5.51. The van der Waals surface area contributed by atoms with E-state index in [1.165, 1.54) is 25.7 Å². The second-order valence-corrected chi connectivity index (χ2v) is 9.53. The van der Waals surface area contributed by atoms with Crippen LogP contribution >= 0.6 is 0 Å². The van der Waals surface area contributed by atoms with E-state index in [1.54, 1.807) is 7.11 Å². The van der Waals surface area contributed by atoms with Crippen molar-refractivity contribution >= 4 is 11.6 Å². The second kappa shape index (κ2) is 10.9. The molecule has 1 unspecified atom stereocenters. The van der Waals surface area contributed by atoms with Crippen LogP contribution in [0.2, 0.25) is 0 Å². The predicted molar refractivity (Wildman–Crippen MR) is 112 cm³/mol. The molecule has 0 N–H and O–H groups in total. The van der Waals surface area contributed by atoms with Crippen LogP contribution in [0.25, 0.3) is 0 Å². The molecule has 0 aromatic rings. The summed E-state index contributed by atoms with van der Waals surface area (Å²) in [6, 6.07) is 0. The highest BCUT2D eigenvalue weighted by atomic mass is 16.5. The van der Waals surface area contributed by atoms with E-state index in [-0.39, 0.29) is 24.1 Å². The number of unbranched alkanes of at least 4 members (excludes halogenated alkanes) is 1. The molecule has 0 aromatic carbocycles. The zero-order valence-corrected chi connectivity index (χ0v) is 18.7. The van der Waals surface area contributed by atoms with Crippen molar-refractivity contribution in [2.75, 3.05) is 20.3 Å². The Morgan fingerprint density at radius 1 is 1.11 bits per heavy atom. The third-order valence-corrected chi connectivity index (χ3v) is 7.05. The lowest BCUT2D eigenvalue weighted by Gasteiger charge is -2.46. The van der Waals surface area contributed by atoms with Crippen LogP contribution in [0.15, 0.2) is 0 Å². The molecular weight excluding hydrogens is 352 g/mol. The van der Waals surface area contributed by atoms with Gasteiger partial charge in [-0.1, -0.05) is 52.9 Å². The lowest BCUT2D eigenvalue weighted by Crippen LogP contribution is -2.61. The van der Waals surface area contributed by atoms with Gasteiger partial charge in [-0.3, -0.25) is 9.59 Å². The quantitative estimate of drug-likeness (QED) is 0.413. The smallest absolute Gasteiger partial charge is 0.168 e. The van der Waals surface area contributed by atoms with Gasteiger partial charge in [0.2, 0.25) is 0 Å². The van der Waals surface area contributed by atoms with E-state index in [1.807, 2.05) is 0 Å². The Hall–Kier alpha value is -0.740. The lowest BCUT2D eigenvalue weighted by molar-refractivity contribution is -0.184. The van der Waals surface area contributed by atoms with Crippen LogP contribution in [-0.2, 0) is 19.1 Å². The topological polar surface area (TPSA) is 52.6 Å². The summed E-state index contributed by atoms with van der Waals surface area (Å²) < 4.78 is 12.2. The van der Waals surface area contributed by atoms with Gasteiger partial charge in [-0.25, -0.2) is 0 Å². The van der Waals surface area contributed by atoms with E-state index in [4.69, 9.17) is 9.47 Å². The molecule has 2 fully saturated rings. The molecule has 2 aliphatic carbocycles. The standard InChI is InChI=1S/C24H42O4/c1-5-6-13-21(25)23(14-9-10-15-23)24(27-4,22(26)16-19(2)3)18-28-17-20-11-7-8-12-20/h19-20H,5-18H2,1-4H3. The lowest BCUT2D eigenvalue weighted by atomic mass is 9.63. The number of hydrogen-bond donors (Lipinski definition) is 0. The molecule has 0 aliphatic heterocycles. The molecule has 0 aromatic heterocycles. The fourth-order valence-corrected chi connectivity index (χ4v) is 5.40. The van der Waals surface area contributed by atoms with Gasteiger partial charge in [0.15, 0.2) is 11.4 Å². The van der Waals surface area contributed by atoms with Crippen molar-refractivity contribution in [3.8, 4) is 0 Å². The average Bonchev–Trinajstić information content (AvgIpc) is 3.35. The maximum atomic E-state index is 13.5. The fraction of sp³-hybridized carbons (Fsp3) is 0.917. The van der Waals surface area contributed by atoms with Gasteiger partial charge in [0.25, 0.3) is 0 Å². The van der Waals surface area contributed by atoms with Crippen molar-refractivity contribution in [3.63, 3.8) is 0 Å². The molecule has 162 valence electrons. The summed E-state index contributed by atoms with van der Waals surface area (Å²) >= 11 is 0. The van der Waals surface area contributed by atoms with Gasteiger partial charge in [-0.2, -0.15) is 0 Å². The highest BCUT2D eigenvalue weighted by molar-refractivity contribution is 5.98. The normalized spacial score (nSPS) is 21.9. The van der Waals surface area contributed by atoms with E-state index >= 15 is 0 Å². The van der Waals surface area contributed by atoms with E-state index in [0.29, 0.717) is 25.4 Å². The molecule has 0 heterocycles. The molecule has 28 heavy (non-hydrogen) atoms. The van der Waals surface area contributed by atoms with Crippen LogP contribution in [0.1, 0.15) is 97.8 Å². The number of rotatable bonds is 13. The highest BCUT2D eigenvalue weighted by Gasteiger charge is 2.61. The number of Topliss-reactive ketones (excluding diaryl/α,β-unsaturated/α-hetero) is 2. The number of ether oxygens (including phenoxy) is 2. The van der Waals surface area contributed by atoms with Gasteiger partial charge in [-0.15, -0.1) is 0 Å². The first-order valence-corrected chi connectivity index (χ1v) is 11.6. The summed E-state index contributed by atoms with van der Waals surface area (Å²) in [7, 11) is 1.62. The Morgan fingerprint density at radius 2 is 1.75 bits per heavy atom. The summed E-state index contributed by atoms with van der Waals surface area (Å²) in [5, 5.41) is 0. The molecule has 2 saturated carbocycles. The van der Waals surface area contributed by atoms with Crippen molar-refractivity contribution in [1.29, 1.82) is 0 Å². The van der Waals surface area contributed by atoms with Crippen molar-refractivity contribution in [3.05, 3.63) is 0 Å². The first-order chi connectivity index (χ1) is 13.4. The van der Waals surface area contributed by atoms with Crippen LogP contribution in [0.4, 0.5) is 0 Å². The number of methoxy groups -OCH3 is 1. The van der Waals surface area contributed by atoms with Crippen molar-refractivity contribution in [2.24, 2.45) is 17.3 Å². The molecule has 0 saturated heterocycles. The minimum atomic E-state index is -1.13. The molecular formula is C24H42O4. The molecule has 0 bridgehead atoms. The first kappa shape index (κ1) is 23.5. The minimum absolute atomic E-state index is 0.0585. The summed E-state index contributed by atoms with van der Waals surface area (Å²) in [6.07, 6.45) is 11.3. The zero-order valence-electron chi connectivity index (χ0n) is 18.7. The van der Waals surface area contributed by atoms with E-state index < -0.39 is 11.0 Å². The summed E-state index contributed by atoms with van der Waals surface area (Å²) in [5.41, 5.74) is -1.84. The maximum Gasteiger partial charge on any atom is 0.168 e. The largest absolute Gasteiger partial charge is 0.378 e. The van der Waals surface area contributed by atoms with Gasteiger partial charge < -0.3 is 9.47 Å². The Morgan fingerprint density at radius 3 is 2.29 bits per heavy atom. The van der Waals surface area contributed by atoms with Crippen LogP contribution in [0.5, 0.6) is 0 Å². The monoisotopic (exact) mass is 394 g/mol. The third-order valence-electron chi connectivity index (χ3n) is 7.05. The first-order valence-electron chi connectivity index (χ1n) is 11.6. The van der Waals surface area contributed by atoms with Gasteiger partial charge in [-0.05, 0) is 43.9 Å². The van der Waals surface area contributed by atoms with Crippen molar-refractivity contribution in [2.45, 2.75) is 103 Å². The molecule has 0 amide bonds. The fourth-order valence-electron chi connectivity index (χ4n) is 5.40. The molecule has 0 radical (unpaired) electrons. The molecule has 2 rings (SSSR count). The molecule has 1 atom stereocenters. The second-order valence-electron chi connectivity index (χ2n) is 9.53. The zero-order chi connectivity index (χ0) is 20.6. The average molecular weight is 395 g/mol.